The summed E-state index contributed by atoms with van der Waals surface area (Å²) in [5.74, 6) is 1.94. The molecule has 110 valence electrons. The van der Waals surface area contributed by atoms with Gasteiger partial charge in [0.15, 0.2) is 11.5 Å². The van der Waals surface area contributed by atoms with Crippen molar-refractivity contribution in [1.29, 1.82) is 0 Å². The Bertz CT molecular complexity index is 474. The number of hydrogen-bond acceptors (Lipinski definition) is 3. The van der Waals surface area contributed by atoms with Gasteiger partial charge in [-0.1, -0.05) is 20.8 Å². The van der Waals surface area contributed by atoms with E-state index in [1.54, 1.807) is 18.2 Å². The number of amides is 2. The number of benzene rings is 1. The maximum absolute atomic E-state index is 12.0. The molecule has 1 heterocycles. The van der Waals surface area contributed by atoms with Crippen molar-refractivity contribution in [2.75, 3.05) is 12.1 Å². The van der Waals surface area contributed by atoms with E-state index in [9.17, 15) is 4.79 Å². The standard InChI is InChI=1S/C15H22N2O3/c1-4-11(7-10(2)3)16-15(18)17-12-5-6-13-14(8-12)20-9-19-13/h5-6,8,10-11H,4,7,9H2,1-3H3,(H2,16,17,18). The summed E-state index contributed by atoms with van der Waals surface area (Å²) in [7, 11) is 0. The molecule has 0 aromatic heterocycles. The summed E-state index contributed by atoms with van der Waals surface area (Å²) in [5.41, 5.74) is 0.700. The average molecular weight is 278 g/mol. The van der Waals surface area contributed by atoms with Crippen LogP contribution in [-0.4, -0.2) is 18.9 Å². The summed E-state index contributed by atoms with van der Waals surface area (Å²) in [6.07, 6.45) is 1.90. The summed E-state index contributed by atoms with van der Waals surface area (Å²) in [6, 6.07) is 5.38. The molecule has 2 N–H and O–H groups in total. The highest BCUT2D eigenvalue weighted by Gasteiger charge is 2.15. The van der Waals surface area contributed by atoms with E-state index < -0.39 is 0 Å². The Balaban J connectivity index is 1.90. The van der Waals surface area contributed by atoms with Gasteiger partial charge in [0.2, 0.25) is 6.79 Å². The maximum Gasteiger partial charge on any atom is 0.319 e. The van der Waals surface area contributed by atoms with E-state index in [1.165, 1.54) is 0 Å². The number of nitrogens with one attached hydrogen (secondary N) is 2. The molecule has 0 radical (unpaired) electrons. The fourth-order valence-electron chi connectivity index (χ4n) is 2.22. The lowest BCUT2D eigenvalue weighted by Crippen LogP contribution is -2.38. The monoisotopic (exact) mass is 278 g/mol. The predicted octanol–water partition coefficient (Wildman–Crippen LogP) is 3.36. The van der Waals surface area contributed by atoms with Crippen molar-refractivity contribution < 1.29 is 14.3 Å². The van der Waals surface area contributed by atoms with E-state index in [1.807, 2.05) is 0 Å². The van der Waals surface area contributed by atoms with Crippen molar-refractivity contribution in [3.8, 4) is 11.5 Å². The Labute approximate surface area is 119 Å². The van der Waals surface area contributed by atoms with Gasteiger partial charge in [0.1, 0.15) is 0 Å². The molecule has 0 spiro atoms. The van der Waals surface area contributed by atoms with E-state index >= 15 is 0 Å². The molecule has 0 fully saturated rings. The van der Waals surface area contributed by atoms with E-state index in [-0.39, 0.29) is 18.9 Å². The normalized spacial score (nSPS) is 14.2. The highest BCUT2D eigenvalue weighted by molar-refractivity contribution is 5.89. The lowest BCUT2D eigenvalue weighted by atomic mass is 10.0. The topological polar surface area (TPSA) is 59.6 Å². The van der Waals surface area contributed by atoms with E-state index in [0.29, 0.717) is 23.1 Å². The number of carbonyl (C=O) groups is 1. The molecule has 1 aromatic carbocycles. The van der Waals surface area contributed by atoms with Gasteiger partial charge in [-0.05, 0) is 30.9 Å². The molecule has 2 amide bonds. The fraction of sp³-hybridized carbons (Fsp3) is 0.533. The second-order valence-corrected chi connectivity index (χ2v) is 5.40. The van der Waals surface area contributed by atoms with Gasteiger partial charge in [0.05, 0.1) is 0 Å². The molecule has 5 heteroatoms. The summed E-state index contributed by atoms with van der Waals surface area (Å²) in [5, 5.41) is 5.82. The first-order valence-corrected chi connectivity index (χ1v) is 7.05. The van der Waals surface area contributed by atoms with Crippen molar-refractivity contribution in [3.63, 3.8) is 0 Å². The molecule has 5 nitrogen and oxygen atoms in total. The Hall–Kier alpha value is -1.91. The number of fused-ring (bicyclic) bond motifs is 1. The molecule has 2 rings (SSSR count). The van der Waals surface area contributed by atoms with Gasteiger partial charge in [-0.25, -0.2) is 4.79 Å². The average Bonchev–Trinajstić information content (AvgIpc) is 2.84. The number of ether oxygens (including phenoxy) is 2. The lowest BCUT2D eigenvalue weighted by molar-refractivity contribution is 0.174. The van der Waals surface area contributed by atoms with Gasteiger partial charge in [-0.2, -0.15) is 0 Å². The van der Waals surface area contributed by atoms with Crippen LogP contribution in [-0.2, 0) is 0 Å². The minimum Gasteiger partial charge on any atom is -0.454 e. The van der Waals surface area contributed by atoms with E-state index in [4.69, 9.17) is 9.47 Å². The van der Waals surface area contributed by atoms with Crippen LogP contribution in [0.2, 0.25) is 0 Å². The summed E-state index contributed by atoms with van der Waals surface area (Å²) in [6.45, 7) is 6.62. The molecule has 1 unspecified atom stereocenters. The number of urea groups is 1. The molecule has 1 aromatic rings. The molecule has 1 aliphatic rings. The Kier molecular flexibility index (Phi) is 4.71. The molecule has 1 aliphatic heterocycles. The van der Waals surface area contributed by atoms with Gasteiger partial charge in [0.25, 0.3) is 0 Å². The Morgan fingerprint density at radius 2 is 2.05 bits per heavy atom. The first kappa shape index (κ1) is 14.5. The van der Waals surface area contributed by atoms with Gasteiger partial charge in [-0.15, -0.1) is 0 Å². The largest absolute Gasteiger partial charge is 0.454 e. The predicted molar refractivity (Wildman–Crippen MR) is 78.3 cm³/mol. The lowest BCUT2D eigenvalue weighted by Gasteiger charge is -2.19. The first-order chi connectivity index (χ1) is 9.58. The molecule has 0 aliphatic carbocycles. The van der Waals surface area contributed by atoms with E-state index in [2.05, 4.69) is 31.4 Å². The van der Waals surface area contributed by atoms with E-state index in [0.717, 1.165) is 12.8 Å². The number of carbonyl (C=O) groups excluding carboxylic acids is 1. The minimum absolute atomic E-state index is 0.184. The molecule has 1 atom stereocenters. The van der Waals surface area contributed by atoms with Crippen LogP contribution in [0.25, 0.3) is 0 Å². The summed E-state index contributed by atoms with van der Waals surface area (Å²) in [4.78, 5) is 12.0. The van der Waals surface area contributed by atoms with Gasteiger partial charge in [0, 0.05) is 17.8 Å². The van der Waals surface area contributed by atoms with Crippen molar-refractivity contribution in [2.45, 2.75) is 39.7 Å². The summed E-state index contributed by atoms with van der Waals surface area (Å²) >= 11 is 0. The Morgan fingerprint density at radius 1 is 1.30 bits per heavy atom. The van der Waals surface area contributed by atoms with Gasteiger partial charge in [-0.3, -0.25) is 0 Å². The van der Waals surface area contributed by atoms with Crippen molar-refractivity contribution in [2.24, 2.45) is 5.92 Å². The van der Waals surface area contributed by atoms with Crippen LogP contribution in [0, 0.1) is 5.92 Å². The third-order valence-electron chi connectivity index (χ3n) is 3.21. The molecular weight excluding hydrogens is 256 g/mol. The fourth-order valence-corrected chi connectivity index (χ4v) is 2.22. The van der Waals surface area contributed by atoms with Crippen LogP contribution in [0.4, 0.5) is 10.5 Å². The van der Waals surface area contributed by atoms with Gasteiger partial charge >= 0.3 is 6.03 Å². The molecule has 0 bridgehead atoms. The second kappa shape index (κ2) is 6.50. The molecule has 0 saturated carbocycles. The zero-order valence-corrected chi connectivity index (χ0v) is 12.2. The maximum atomic E-state index is 12.0. The molecular formula is C15H22N2O3. The number of hydrogen-bond donors (Lipinski definition) is 2. The zero-order valence-electron chi connectivity index (χ0n) is 12.2. The molecule has 20 heavy (non-hydrogen) atoms. The Morgan fingerprint density at radius 3 is 2.75 bits per heavy atom. The van der Waals surface area contributed by atoms with Crippen LogP contribution in [0.1, 0.15) is 33.6 Å². The summed E-state index contributed by atoms with van der Waals surface area (Å²) < 4.78 is 10.5. The minimum atomic E-state index is -0.184. The highest BCUT2D eigenvalue weighted by Crippen LogP contribution is 2.34. The third kappa shape index (κ3) is 3.79. The van der Waals surface area contributed by atoms with Crippen LogP contribution in [0.5, 0.6) is 11.5 Å². The van der Waals surface area contributed by atoms with Crippen LogP contribution in [0.3, 0.4) is 0 Å². The van der Waals surface area contributed by atoms with Crippen LogP contribution >= 0.6 is 0 Å². The van der Waals surface area contributed by atoms with Crippen LogP contribution in [0.15, 0.2) is 18.2 Å². The van der Waals surface area contributed by atoms with Crippen molar-refractivity contribution >= 4 is 11.7 Å². The van der Waals surface area contributed by atoms with Crippen molar-refractivity contribution in [3.05, 3.63) is 18.2 Å². The quantitative estimate of drug-likeness (QED) is 0.868. The third-order valence-corrected chi connectivity index (χ3v) is 3.21. The number of rotatable bonds is 5. The first-order valence-electron chi connectivity index (χ1n) is 7.05. The van der Waals surface area contributed by atoms with Crippen LogP contribution < -0.4 is 20.1 Å². The smallest absolute Gasteiger partial charge is 0.319 e. The SMILES string of the molecule is CCC(CC(C)C)NC(=O)Nc1ccc2c(c1)OCO2. The second-order valence-electron chi connectivity index (χ2n) is 5.40. The number of anilines is 1. The van der Waals surface area contributed by atoms with Crippen molar-refractivity contribution in [1.82, 2.24) is 5.32 Å². The zero-order chi connectivity index (χ0) is 14.5. The van der Waals surface area contributed by atoms with Gasteiger partial charge < -0.3 is 20.1 Å². The highest BCUT2D eigenvalue weighted by atomic mass is 16.7. The molecule has 0 saturated heterocycles.